The summed E-state index contributed by atoms with van der Waals surface area (Å²) in [4.78, 5) is 27.5. The highest BCUT2D eigenvalue weighted by Gasteiger charge is 2.16. The normalized spacial score (nSPS) is 14.0. The Hall–Kier alpha value is -1.08. The van der Waals surface area contributed by atoms with Gasteiger partial charge in [0, 0.05) is 4.88 Å². The van der Waals surface area contributed by atoms with Crippen molar-refractivity contribution in [3.8, 4) is 0 Å². The predicted octanol–water partition coefficient (Wildman–Crippen LogP) is 1.78. The number of anilines is 1. The van der Waals surface area contributed by atoms with Crippen LogP contribution < -0.4 is 5.32 Å². The number of fused-ring (bicyclic) bond motifs is 1. The number of rotatable bonds is 5. The standard InChI is InChI=1S/C11H14N2O3S2/c14-9(5-17-6-10(15)16)13-11-12-7-3-1-2-4-8(7)18-11/h1-6H2,(H,15,16)(H,12,13,14). The van der Waals surface area contributed by atoms with Gasteiger partial charge in [-0.05, 0) is 25.7 Å². The average molecular weight is 286 g/mol. The van der Waals surface area contributed by atoms with Crippen LogP contribution in [0.2, 0.25) is 0 Å². The molecule has 1 aromatic rings. The summed E-state index contributed by atoms with van der Waals surface area (Å²) in [7, 11) is 0. The average Bonchev–Trinajstić information content (AvgIpc) is 2.70. The van der Waals surface area contributed by atoms with Crippen LogP contribution in [0.3, 0.4) is 0 Å². The van der Waals surface area contributed by atoms with Crippen LogP contribution in [0.5, 0.6) is 0 Å². The highest BCUT2D eigenvalue weighted by Crippen LogP contribution is 2.29. The number of carboxylic acid groups (broad SMARTS) is 1. The van der Waals surface area contributed by atoms with Gasteiger partial charge >= 0.3 is 5.97 Å². The third-order valence-electron chi connectivity index (χ3n) is 2.55. The zero-order chi connectivity index (χ0) is 13.0. The molecule has 2 N–H and O–H groups in total. The Bertz CT molecular complexity index is 436. The van der Waals surface area contributed by atoms with Gasteiger partial charge in [0.2, 0.25) is 5.91 Å². The fraction of sp³-hybridized carbons (Fsp3) is 0.545. The van der Waals surface area contributed by atoms with E-state index in [9.17, 15) is 9.59 Å². The molecule has 1 aliphatic carbocycles. The molecule has 0 aliphatic heterocycles. The van der Waals surface area contributed by atoms with E-state index in [-0.39, 0.29) is 17.4 Å². The molecule has 0 saturated heterocycles. The van der Waals surface area contributed by atoms with Crippen molar-refractivity contribution in [1.29, 1.82) is 0 Å². The second kappa shape index (κ2) is 6.19. The number of thioether (sulfide) groups is 1. The molecule has 2 rings (SSSR count). The van der Waals surface area contributed by atoms with E-state index in [0.29, 0.717) is 5.13 Å². The SMILES string of the molecule is O=C(O)CSCC(=O)Nc1nc2c(s1)CCCC2. The van der Waals surface area contributed by atoms with Crippen LogP contribution >= 0.6 is 23.1 Å². The highest BCUT2D eigenvalue weighted by molar-refractivity contribution is 8.00. The van der Waals surface area contributed by atoms with Crippen LogP contribution in [-0.2, 0) is 22.4 Å². The highest BCUT2D eigenvalue weighted by atomic mass is 32.2. The molecule has 0 atom stereocenters. The zero-order valence-electron chi connectivity index (χ0n) is 9.77. The molecule has 18 heavy (non-hydrogen) atoms. The number of aliphatic carboxylic acids is 1. The van der Waals surface area contributed by atoms with Crippen molar-refractivity contribution in [2.75, 3.05) is 16.8 Å². The number of aryl methyl sites for hydroxylation is 2. The molecule has 0 aromatic carbocycles. The lowest BCUT2D eigenvalue weighted by Gasteiger charge is -2.06. The second-order valence-electron chi connectivity index (χ2n) is 4.03. The molecular formula is C11H14N2O3S2. The molecule has 0 saturated carbocycles. The van der Waals surface area contributed by atoms with E-state index in [4.69, 9.17) is 5.11 Å². The van der Waals surface area contributed by atoms with E-state index < -0.39 is 5.97 Å². The van der Waals surface area contributed by atoms with Crippen molar-refractivity contribution >= 4 is 40.1 Å². The maximum Gasteiger partial charge on any atom is 0.313 e. The molecule has 98 valence electrons. The minimum atomic E-state index is -0.905. The number of carbonyl (C=O) groups excluding carboxylic acids is 1. The van der Waals surface area contributed by atoms with Crippen molar-refractivity contribution in [2.45, 2.75) is 25.7 Å². The lowest BCUT2D eigenvalue weighted by molar-refractivity contribution is -0.133. The van der Waals surface area contributed by atoms with Gasteiger partial charge in [-0.1, -0.05) is 0 Å². The maximum atomic E-state index is 11.5. The van der Waals surface area contributed by atoms with Crippen molar-refractivity contribution in [2.24, 2.45) is 0 Å². The number of aromatic nitrogens is 1. The van der Waals surface area contributed by atoms with Gasteiger partial charge in [0.05, 0.1) is 17.2 Å². The van der Waals surface area contributed by atoms with Crippen LogP contribution in [0, 0.1) is 0 Å². The Labute approximate surface area is 113 Å². The number of nitrogens with one attached hydrogen (secondary N) is 1. The molecule has 0 fully saturated rings. The van der Waals surface area contributed by atoms with E-state index in [2.05, 4.69) is 10.3 Å². The van der Waals surface area contributed by atoms with E-state index in [1.54, 1.807) is 0 Å². The molecule has 0 unspecified atom stereocenters. The summed E-state index contributed by atoms with van der Waals surface area (Å²) in [6.07, 6.45) is 4.40. The summed E-state index contributed by atoms with van der Waals surface area (Å²) >= 11 is 2.62. The number of carbonyl (C=O) groups is 2. The minimum Gasteiger partial charge on any atom is -0.481 e. The summed E-state index contributed by atoms with van der Waals surface area (Å²) < 4.78 is 0. The first kappa shape index (κ1) is 13.4. The fourth-order valence-corrected chi connectivity index (χ4v) is 3.39. The number of hydrogen-bond donors (Lipinski definition) is 2. The quantitative estimate of drug-likeness (QED) is 0.862. The van der Waals surface area contributed by atoms with Crippen molar-refractivity contribution in [3.05, 3.63) is 10.6 Å². The van der Waals surface area contributed by atoms with Crippen LogP contribution in [0.4, 0.5) is 5.13 Å². The number of amides is 1. The summed E-state index contributed by atoms with van der Waals surface area (Å²) in [6, 6.07) is 0. The van der Waals surface area contributed by atoms with Crippen LogP contribution in [0.15, 0.2) is 0 Å². The Morgan fingerprint density at radius 2 is 2.11 bits per heavy atom. The number of hydrogen-bond acceptors (Lipinski definition) is 5. The van der Waals surface area contributed by atoms with Gasteiger partial charge in [-0.2, -0.15) is 0 Å². The van der Waals surface area contributed by atoms with E-state index in [1.165, 1.54) is 29.1 Å². The molecule has 1 heterocycles. The molecular weight excluding hydrogens is 272 g/mol. The summed E-state index contributed by atoms with van der Waals surface area (Å²) in [5, 5.41) is 11.8. The first-order valence-electron chi connectivity index (χ1n) is 5.73. The van der Waals surface area contributed by atoms with Crippen molar-refractivity contribution < 1.29 is 14.7 Å². The van der Waals surface area contributed by atoms with Gasteiger partial charge < -0.3 is 10.4 Å². The molecule has 0 bridgehead atoms. The lowest BCUT2D eigenvalue weighted by atomic mass is 10.0. The van der Waals surface area contributed by atoms with Gasteiger partial charge in [-0.3, -0.25) is 9.59 Å². The van der Waals surface area contributed by atoms with Gasteiger partial charge in [0.15, 0.2) is 5.13 Å². The van der Waals surface area contributed by atoms with Crippen LogP contribution in [0.25, 0.3) is 0 Å². The topological polar surface area (TPSA) is 79.3 Å². The molecule has 1 aromatic heterocycles. The Balaban J connectivity index is 1.83. The molecule has 5 nitrogen and oxygen atoms in total. The Morgan fingerprint density at radius 3 is 2.83 bits per heavy atom. The summed E-state index contributed by atoms with van der Waals surface area (Å²) in [5.41, 5.74) is 1.11. The fourth-order valence-electron chi connectivity index (χ4n) is 1.79. The van der Waals surface area contributed by atoms with Crippen LogP contribution in [-0.4, -0.2) is 33.5 Å². The van der Waals surface area contributed by atoms with Crippen molar-refractivity contribution in [3.63, 3.8) is 0 Å². The monoisotopic (exact) mass is 286 g/mol. The van der Waals surface area contributed by atoms with Gasteiger partial charge in [0.1, 0.15) is 0 Å². The van der Waals surface area contributed by atoms with Gasteiger partial charge in [-0.25, -0.2) is 4.98 Å². The number of nitrogens with zero attached hydrogens (tertiary/aromatic N) is 1. The van der Waals surface area contributed by atoms with E-state index >= 15 is 0 Å². The molecule has 1 aliphatic rings. The van der Waals surface area contributed by atoms with Gasteiger partial charge in [0.25, 0.3) is 0 Å². The third kappa shape index (κ3) is 3.71. The van der Waals surface area contributed by atoms with E-state index in [1.807, 2.05) is 0 Å². The third-order valence-corrected chi connectivity index (χ3v) is 4.54. The Morgan fingerprint density at radius 1 is 1.33 bits per heavy atom. The maximum absolute atomic E-state index is 11.5. The van der Waals surface area contributed by atoms with Crippen LogP contribution in [0.1, 0.15) is 23.4 Å². The molecule has 0 spiro atoms. The summed E-state index contributed by atoms with van der Waals surface area (Å²) in [6.45, 7) is 0. The largest absolute Gasteiger partial charge is 0.481 e. The van der Waals surface area contributed by atoms with E-state index in [0.717, 1.165) is 30.3 Å². The predicted molar refractivity (Wildman–Crippen MR) is 72.3 cm³/mol. The van der Waals surface area contributed by atoms with Gasteiger partial charge in [-0.15, -0.1) is 23.1 Å². The molecule has 0 radical (unpaired) electrons. The molecule has 7 heteroatoms. The molecule has 1 amide bonds. The first-order valence-corrected chi connectivity index (χ1v) is 7.70. The van der Waals surface area contributed by atoms with Crippen molar-refractivity contribution in [1.82, 2.24) is 4.98 Å². The lowest BCUT2D eigenvalue weighted by Crippen LogP contribution is -2.15. The zero-order valence-corrected chi connectivity index (χ0v) is 11.4. The summed E-state index contributed by atoms with van der Waals surface area (Å²) in [5.74, 6) is -0.997. The second-order valence-corrected chi connectivity index (χ2v) is 6.10. The number of carboxylic acids is 1. The minimum absolute atomic E-state index is 0.0538. The Kier molecular flexibility index (Phi) is 4.60. The first-order chi connectivity index (χ1) is 8.65. The number of thiazole rings is 1. The smallest absolute Gasteiger partial charge is 0.313 e.